The highest BCUT2D eigenvalue weighted by Crippen LogP contribution is 2.20. The summed E-state index contributed by atoms with van der Waals surface area (Å²) >= 11 is 0. The van der Waals surface area contributed by atoms with Crippen LogP contribution in [0.1, 0.15) is 33.5 Å². The van der Waals surface area contributed by atoms with Crippen molar-refractivity contribution >= 4 is 22.6 Å². The smallest absolute Gasteiger partial charge is 0.251 e. The molecule has 0 aliphatic heterocycles. The van der Waals surface area contributed by atoms with Crippen LogP contribution in [-0.2, 0) is 4.74 Å². The number of fused-ring (bicyclic) bond motifs is 1. The number of amides is 1. The minimum Gasteiger partial charge on any atom is -0.493 e. The first-order valence-corrected chi connectivity index (χ1v) is 12.0. The summed E-state index contributed by atoms with van der Waals surface area (Å²) in [4.78, 5) is 23.5. The molecule has 0 spiro atoms. The maximum Gasteiger partial charge on any atom is 0.251 e. The Morgan fingerprint density at radius 3 is 2.83 bits per heavy atom. The minimum absolute atomic E-state index is 0.118. The fourth-order valence-corrected chi connectivity index (χ4v) is 3.80. The Hall–Kier alpha value is -4.15. The highest BCUT2D eigenvalue weighted by Gasteiger charge is 2.13. The van der Waals surface area contributed by atoms with Crippen molar-refractivity contribution in [2.75, 3.05) is 39.5 Å². The van der Waals surface area contributed by atoms with E-state index in [0.717, 1.165) is 40.8 Å². The molecule has 0 fully saturated rings. The molecule has 184 valence electrons. The van der Waals surface area contributed by atoms with Gasteiger partial charge in [-0.25, -0.2) is 4.98 Å². The summed E-state index contributed by atoms with van der Waals surface area (Å²) in [6.07, 6.45) is 10.3. The summed E-state index contributed by atoms with van der Waals surface area (Å²) < 4.78 is 5.76. The fraction of sp³-hybridized carbons (Fsp3) is 0.276. The number of rotatable bonds is 7. The second kappa shape index (κ2) is 11.5. The molecule has 3 aromatic rings. The Labute approximate surface area is 212 Å². The third kappa shape index (κ3) is 6.29. The Morgan fingerprint density at radius 2 is 2.06 bits per heavy atom. The largest absolute Gasteiger partial charge is 0.493 e. The van der Waals surface area contributed by atoms with E-state index in [-0.39, 0.29) is 11.8 Å². The van der Waals surface area contributed by atoms with Crippen LogP contribution in [0.3, 0.4) is 0 Å². The molecule has 36 heavy (non-hydrogen) atoms. The second-order valence-electron chi connectivity index (χ2n) is 9.06. The number of pyridine rings is 2. The van der Waals surface area contributed by atoms with Gasteiger partial charge in [-0.15, -0.1) is 0 Å². The van der Waals surface area contributed by atoms with Gasteiger partial charge in [-0.3, -0.25) is 9.78 Å². The number of nitrogen functional groups attached to an aromatic ring is 1. The van der Waals surface area contributed by atoms with Crippen molar-refractivity contribution in [3.8, 4) is 11.8 Å². The van der Waals surface area contributed by atoms with Gasteiger partial charge in [-0.1, -0.05) is 24.0 Å². The number of aromatic nitrogens is 2. The number of allylic oxidation sites excluding steroid dienone is 2. The minimum atomic E-state index is -0.118. The van der Waals surface area contributed by atoms with Crippen LogP contribution in [0.25, 0.3) is 10.9 Å². The van der Waals surface area contributed by atoms with Crippen LogP contribution >= 0.6 is 0 Å². The van der Waals surface area contributed by atoms with E-state index in [4.69, 9.17) is 10.5 Å². The van der Waals surface area contributed by atoms with E-state index in [9.17, 15) is 4.79 Å². The molecule has 7 nitrogen and oxygen atoms in total. The third-order valence-corrected chi connectivity index (χ3v) is 5.99. The zero-order valence-electron chi connectivity index (χ0n) is 20.9. The molecular formula is C29H31N5O2. The van der Waals surface area contributed by atoms with Crippen molar-refractivity contribution in [3.63, 3.8) is 0 Å². The van der Waals surface area contributed by atoms with Gasteiger partial charge in [0.2, 0.25) is 0 Å². The highest BCUT2D eigenvalue weighted by molar-refractivity contribution is 5.95. The standard InChI is InChI=1S/C29H31N5O2/c1-20-6-9-23(29(35)33-18-21-7-12-25(13-8-21)36-16-15-34(2)3)17-22(20)10-11-24-19-32-28(30)27-26(24)5-4-14-31-27/h4-7,9,12-14,17,19,21H,8,15-16,18H2,1-3H3,(H2,30,32)(H,33,35). The van der Waals surface area contributed by atoms with Crippen molar-refractivity contribution in [2.24, 2.45) is 5.92 Å². The van der Waals surface area contributed by atoms with Crippen molar-refractivity contribution in [1.82, 2.24) is 20.2 Å². The average Bonchev–Trinajstić information content (AvgIpc) is 2.88. The lowest BCUT2D eigenvalue weighted by Gasteiger charge is -2.18. The Bertz CT molecular complexity index is 1380. The van der Waals surface area contributed by atoms with Crippen LogP contribution in [0.2, 0.25) is 0 Å². The predicted octanol–water partition coefficient (Wildman–Crippen LogP) is 3.69. The van der Waals surface area contributed by atoms with E-state index in [1.165, 1.54) is 0 Å². The monoisotopic (exact) mass is 481 g/mol. The van der Waals surface area contributed by atoms with Gasteiger partial charge in [-0.2, -0.15) is 0 Å². The van der Waals surface area contributed by atoms with E-state index in [2.05, 4.69) is 44.2 Å². The number of likely N-dealkylation sites (N-methyl/N-ethyl adjacent to an activating group) is 1. The molecule has 1 aliphatic carbocycles. The SMILES string of the molecule is Cc1ccc(C(=O)NCC2C=CC(OCCN(C)C)=CC2)cc1C#Cc1cnc(N)c2ncccc12. The van der Waals surface area contributed by atoms with Gasteiger partial charge < -0.3 is 20.7 Å². The topological polar surface area (TPSA) is 93.4 Å². The molecule has 1 aliphatic rings. The Kier molecular flexibility index (Phi) is 7.99. The number of nitrogens with zero attached hydrogens (tertiary/aromatic N) is 3. The van der Waals surface area contributed by atoms with Crippen molar-refractivity contribution in [2.45, 2.75) is 13.3 Å². The number of benzene rings is 1. The van der Waals surface area contributed by atoms with E-state index in [1.54, 1.807) is 12.4 Å². The summed E-state index contributed by atoms with van der Waals surface area (Å²) in [5, 5.41) is 3.90. The maximum atomic E-state index is 12.8. The molecule has 1 atom stereocenters. The number of aryl methyl sites for hydroxylation is 1. The zero-order chi connectivity index (χ0) is 25.5. The number of ether oxygens (including phenoxy) is 1. The molecule has 4 rings (SSSR count). The molecule has 1 aromatic carbocycles. The number of hydrogen-bond donors (Lipinski definition) is 2. The molecule has 2 heterocycles. The van der Waals surface area contributed by atoms with Gasteiger partial charge in [-0.05, 0) is 75.3 Å². The number of anilines is 1. The first-order chi connectivity index (χ1) is 17.4. The highest BCUT2D eigenvalue weighted by atomic mass is 16.5. The van der Waals surface area contributed by atoms with Crippen LogP contribution in [0, 0.1) is 24.7 Å². The van der Waals surface area contributed by atoms with Gasteiger partial charge in [0.05, 0.1) is 5.56 Å². The lowest BCUT2D eigenvalue weighted by atomic mass is 9.99. The summed E-state index contributed by atoms with van der Waals surface area (Å²) in [6.45, 7) is 4.06. The lowest BCUT2D eigenvalue weighted by molar-refractivity contribution is 0.0949. The van der Waals surface area contributed by atoms with Crippen LogP contribution in [0.15, 0.2) is 66.7 Å². The number of nitrogens with one attached hydrogen (secondary N) is 1. The van der Waals surface area contributed by atoms with E-state index < -0.39 is 0 Å². The molecule has 0 saturated carbocycles. The quantitative estimate of drug-likeness (QED) is 0.500. The Balaban J connectivity index is 1.39. The van der Waals surface area contributed by atoms with E-state index in [0.29, 0.717) is 30.0 Å². The average molecular weight is 482 g/mol. The molecule has 1 unspecified atom stereocenters. The normalized spacial score (nSPS) is 14.8. The summed E-state index contributed by atoms with van der Waals surface area (Å²) in [5.74, 6) is 7.76. The molecule has 1 amide bonds. The summed E-state index contributed by atoms with van der Waals surface area (Å²) in [7, 11) is 4.04. The molecule has 0 radical (unpaired) electrons. The maximum absolute atomic E-state index is 12.8. The number of carbonyl (C=O) groups is 1. The molecule has 3 N–H and O–H groups in total. The van der Waals surface area contributed by atoms with Gasteiger partial charge >= 0.3 is 0 Å². The van der Waals surface area contributed by atoms with Crippen molar-refractivity contribution in [1.29, 1.82) is 0 Å². The zero-order valence-corrected chi connectivity index (χ0v) is 20.9. The number of nitrogens with two attached hydrogens (primary N) is 1. The second-order valence-corrected chi connectivity index (χ2v) is 9.06. The number of carbonyl (C=O) groups excluding carboxylic acids is 1. The molecular weight excluding hydrogens is 450 g/mol. The molecule has 0 saturated heterocycles. The van der Waals surface area contributed by atoms with Crippen LogP contribution in [0.4, 0.5) is 5.82 Å². The van der Waals surface area contributed by atoms with Crippen molar-refractivity contribution < 1.29 is 9.53 Å². The third-order valence-electron chi connectivity index (χ3n) is 5.99. The fourth-order valence-electron chi connectivity index (χ4n) is 3.80. The van der Waals surface area contributed by atoms with Crippen molar-refractivity contribution in [3.05, 3.63) is 89.0 Å². The number of hydrogen-bond acceptors (Lipinski definition) is 6. The van der Waals surface area contributed by atoms with Gasteiger partial charge in [0, 0.05) is 42.0 Å². The lowest BCUT2D eigenvalue weighted by Crippen LogP contribution is -2.29. The van der Waals surface area contributed by atoms with E-state index >= 15 is 0 Å². The summed E-state index contributed by atoms with van der Waals surface area (Å²) in [6, 6.07) is 9.35. The predicted molar refractivity (Wildman–Crippen MR) is 143 cm³/mol. The first-order valence-electron chi connectivity index (χ1n) is 12.0. The van der Waals surface area contributed by atoms with E-state index in [1.807, 2.05) is 57.4 Å². The van der Waals surface area contributed by atoms with Crippen LogP contribution < -0.4 is 11.1 Å². The van der Waals surface area contributed by atoms with Crippen LogP contribution in [-0.4, -0.2) is 54.6 Å². The van der Waals surface area contributed by atoms with Gasteiger partial charge in [0.25, 0.3) is 5.91 Å². The molecule has 7 heteroatoms. The summed E-state index contributed by atoms with van der Waals surface area (Å²) in [5.41, 5.74) is 9.68. The Morgan fingerprint density at radius 1 is 1.22 bits per heavy atom. The van der Waals surface area contributed by atoms with Gasteiger partial charge in [0.15, 0.2) is 0 Å². The van der Waals surface area contributed by atoms with Gasteiger partial charge in [0.1, 0.15) is 23.7 Å². The van der Waals surface area contributed by atoms with Crippen LogP contribution in [0.5, 0.6) is 0 Å². The molecule has 2 aromatic heterocycles. The first kappa shape index (κ1) is 25.0. The molecule has 0 bridgehead atoms.